The number of carbonyl (C=O) groups excluding carboxylic acids is 3. The SMILES string of the molecule is CCOC(=O)C(F)(F)C(F)(F)C(F)(F)C(F)(F)C(F)(F)C(=O)CC(=O)c1ccccc1. The van der Waals surface area contributed by atoms with Gasteiger partial charge in [0.15, 0.2) is 5.78 Å². The smallest absolute Gasteiger partial charge is 0.410 e. The van der Waals surface area contributed by atoms with Crippen LogP contribution in [0.5, 0.6) is 0 Å². The highest BCUT2D eigenvalue weighted by molar-refractivity contribution is 6.10. The highest BCUT2D eigenvalue weighted by atomic mass is 19.4. The van der Waals surface area contributed by atoms with Crippen molar-refractivity contribution in [3.8, 4) is 0 Å². The van der Waals surface area contributed by atoms with Gasteiger partial charge >= 0.3 is 35.6 Å². The first-order valence-corrected chi connectivity index (χ1v) is 8.07. The molecule has 4 nitrogen and oxygen atoms in total. The van der Waals surface area contributed by atoms with E-state index in [-0.39, 0.29) is 0 Å². The van der Waals surface area contributed by atoms with Crippen molar-refractivity contribution in [2.45, 2.75) is 43.0 Å². The molecule has 31 heavy (non-hydrogen) atoms. The number of ketones is 2. The van der Waals surface area contributed by atoms with Gasteiger partial charge in [0, 0.05) is 5.56 Å². The number of carbonyl (C=O) groups is 3. The van der Waals surface area contributed by atoms with E-state index < -0.39 is 65.7 Å². The van der Waals surface area contributed by atoms with Gasteiger partial charge in [-0.25, -0.2) is 4.79 Å². The zero-order chi connectivity index (χ0) is 24.5. The molecule has 0 aliphatic heterocycles. The second-order valence-corrected chi connectivity index (χ2v) is 5.98. The topological polar surface area (TPSA) is 60.4 Å². The Hall–Kier alpha value is -2.67. The Morgan fingerprint density at radius 1 is 0.742 bits per heavy atom. The highest BCUT2D eigenvalue weighted by Crippen LogP contribution is 2.57. The third kappa shape index (κ3) is 4.24. The molecule has 0 heterocycles. The van der Waals surface area contributed by atoms with Crippen LogP contribution in [0.3, 0.4) is 0 Å². The summed E-state index contributed by atoms with van der Waals surface area (Å²) in [6.07, 6.45) is -2.14. The zero-order valence-electron chi connectivity index (χ0n) is 15.2. The first kappa shape index (κ1) is 26.4. The van der Waals surface area contributed by atoms with Gasteiger partial charge in [0.05, 0.1) is 13.0 Å². The van der Waals surface area contributed by atoms with Crippen molar-refractivity contribution >= 4 is 17.5 Å². The van der Waals surface area contributed by atoms with E-state index >= 15 is 0 Å². The van der Waals surface area contributed by atoms with E-state index in [4.69, 9.17) is 0 Å². The molecule has 0 saturated carbocycles. The van der Waals surface area contributed by atoms with Gasteiger partial charge in [-0.3, -0.25) is 9.59 Å². The second-order valence-electron chi connectivity index (χ2n) is 5.98. The maximum absolute atomic E-state index is 13.8. The minimum absolute atomic E-state index is 0.485. The van der Waals surface area contributed by atoms with Crippen LogP contribution in [0.25, 0.3) is 0 Å². The number of benzene rings is 1. The fraction of sp³-hybridized carbons (Fsp3) is 0.471. The van der Waals surface area contributed by atoms with Gasteiger partial charge in [0.2, 0.25) is 5.78 Å². The van der Waals surface area contributed by atoms with Crippen molar-refractivity contribution in [2.75, 3.05) is 6.61 Å². The normalized spacial score (nSPS) is 13.6. The number of esters is 1. The summed E-state index contributed by atoms with van der Waals surface area (Å²) < 4.78 is 140. The largest absolute Gasteiger partial charge is 0.461 e. The molecule has 0 aromatic heterocycles. The van der Waals surface area contributed by atoms with E-state index in [9.17, 15) is 58.3 Å². The van der Waals surface area contributed by atoms with Crippen LogP contribution < -0.4 is 0 Å². The molecule has 1 aromatic carbocycles. The summed E-state index contributed by atoms with van der Waals surface area (Å²) in [5, 5.41) is 0. The zero-order valence-corrected chi connectivity index (χ0v) is 15.2. The Labute approximate surface area is 167 Å². The monoisotopic (exact) mass is 470 g/mol. The van der Waals surface area contributed by atoms with Crippen molar-refractivity contribution in [1.29, 1.82) is 0 Å². The fourth-order valence-electron chi connectivity index (χ4n) is 2.10. The van der Waals surface area contributed by atoms with Gasteiger partial charge < -0.3 is 4.74 Å². The molecule has 0 amide bonds. The van der Waals surface area contributed by atoms with E-state index in [1.807, 2.05) is 0 Å². The maximum Gasteiger partial charge on any atom is 0.410 e. The minimum Gasteiger partial charge on any atom is -0.461 e. The van der Waals surface area contributed by atoms with Crippen LogP contribution in [0, 0.1) is 0 Å². The fourth-order valence-corrected chi connectivity index (χ4v) is 2.10. The molecule has 0 radical (unpaired) electrons. The van der Waals surface area contributed by atoms with Gasteiger partial charge in [0.1, 0.15) is 0 Å². The standard InChI is InChI=1S/C17H12F10O4/c1-2-31-12(30)14(20,21)16(24,25)17(26,27)15(22,23)13(18,19)11(29)8-10(28)9-6-4-3-5-7-9/h3-7H,2,8H2,1H3. The molecular formula is C17H12F10O4. The van der Waals surface area contributed by atoms with Gasteiger partial charge in [-0.2, -0.15) is 43.9 Å². The van der Waals surface area contributed by atoms with Crippen molar-refractivity contribution < 1.29 is 63.0 Å². The molecule has 0 aliphatic rings. The lowest BCUT2D eigenvalue weighted by molar-refractivity contribution is -0.389. The number of hydrogen-bond donors (Lipinski definition) is 0. The summed E-state index contributed by atoms with van der Waals surface area (Å²) in [7, 11) is 0. The quantitative estimate of drug-likeness (QED) is 0.218. The number of halogens is 10. The predicted octanol–water partition coefficient (Wildman–Crippen LogP) is 4.57. The Balaban J connectivity index is 3.31. The van der Waals surface area contributed by atoms with Crippen LogP contribution in [0.4, 0.5) is 43.9 Å². The third-order valence-corrected chi connectivity index (χ3v) is 3.88. The summed E-state index contributed by atoms with van der Waals surface area (Å²) in [6.45, 7) is -0.294. The first-order chi connectivity index (χ1) is 13.9. The van der Waals surface area contributed by atoms with Gasteiger partial charge in [-0.1, -0.05) is 30.3 Å². The van der Waals surface area contributed by atoms with Crippen LogP contribution >= 0.6 is 0 Å². The van der Waals surface area contributed by atoms with Gasteiger partial charge in [0.25, 0.3) is 0 Å². The average molecular weight is 470 g/mol. The number of alkyl halides is 10. The Morgan fingerprint density at radius 3 is 1.65 bits per heavy atom. The number of ether oxygens (including phenoxy) is 1. The molecule has 1 rings (SSSR count). The molecule has 0 fully saturated rings. The minimum atomic E-state index is -7.63. The van der Waals surface area contributed by atoms with Crippen LogP contribution in [-0.2, 0) is 14.3 Å². The lowest BCUT2D eigenvalue weighted by Gasteiger charge is -2.38. The van der Waals surface area contributed by atoms with Gasteiger partial charge in [-0.15, -0.1) is 0 Å². The molecule has 0 N–H and O–H groups in total. The molecule has 0 unspecified atom stereocenters. The molecule has 0 atom stereocenters. The van der Waals surface area contributed by atoms with Crippen LogP contribution in [0.15, 0.2) is 30.3 Å². The molecule has 1 aromatic rings. The van der Waals surface area contributed by atoms with E-state index in [1.54, 1.807) is 0 Å². The molecule has 174 valence electrons. The van der Waals surface area contributed by atoms with E-state index in [1.165, 1.54) is 6.07 Å². The summed E-state index contributed by atoms with van der Waals surface area (Å²) in [6, 6.07) is 5.53. The average Bonchev–Trinajstić information content (AvgIpc) is 2.67. The maximum atomic E-state index is 13.8. The Kier molecular flexibility index (Phi) is 7.19. The Bertz CT molecular complexity index is 837. The van der Waals surface area contributed by atoms with Crippen molar-refractivity contribution in [2.24, 2.45) is 0 Å². The van der Waals surface area contributed by atoms with Crippen molar-refractivity contribution in [3.63, 3.8) is 0 Å². The van der Waals surface area contributed by atoms with E-state index in [2.05, 4.69) is 4.74 Å². The summed E-state index contributed by atoms with van der Waals surface area (Å²) in [5.74, 6) is -44.0. The number of hydrogen-bond acceptors (Lipinski definition) is 4. The molecule has 0 bridgehead atoms. The molecule has 14 heteroatoms. The van der Waals surface area contributed by atoms with Gasteiger partial charge in [-0.05, 0) is 6.92 Å². The molecular weight excluding hydrogens is 458 g/mol. The lowest BCUT2D eigenvalue weighted by Crippen LogP contribution is -2.70. The van der Waals surface area contributed by atoms with Crippen molar-refractivity contribution in [1.82, 2.24) is 0 Å². The Morgan fingerprint density at radius 2 is 1.19 bits per heavy atom. The van der Waals surface area contributed by atoms with E-state index in [0.717, 1.165) is 31.2 Å². The molecule has 0 aliphatic carbocycles. The summed E-state index contributed by atoms with van der Waals surface area (Å²) in [5.41, 5.74) is -0.485. The van der Waals surface area contributed by atoms with E-state index in [0.29, 0.717) is 0 Å². The third-order valence-electron chi connectivity index (χ3n) is 3.88. The molecule has 0 saturated heterocycles. The summed E-state index contributed by atoms with van der Waals surface area (Å²) >= 11 is 0. The number of Topliss-reactive ketones (excluding diaryl/α,β-unsaturated/α-hetero) is 2. The lowest BCUT2D eigenvalue weighted by atomic mass is 9.90. The highest BCUT2D eigenvalue weighted by Gasteiger charge is 2.89. The van der Waals surface area contributed by atoms with Crippen LogP contribution in [0.1, 0.15) is 23.7 Å². The van der Waals surface area contributed by atoms with Crippen molar-refractivity contribution in [3.05, 3.63) is 35.9 Å². The predicted molar refractivity (Wildman–Crippen MR) is 81.8 cm³/mol. The number of rotatable bonds is 10. The van der Waals surface area contributed by atoms with Crippen LogP contribution in [0.2, 0.25) is 0 Å². The first-order valence-electron chi connectivity index (χ1n) is 8.07. The van der Waals surface area contributed by atoms with Crippen LogP contribution in [-0.4, -0.2) is 53.8 Å². The second kappa shape index (κ2) is 8.46. The summed E-state index contributed by atoms with van der Waals surface area (Å²) in [4.78, 5) is 34.0. The molecule has 0 spiro atoms.